The van der Waals surface area contributed by atoms with Gasteiger partial charge in [0.05, 0.1) is 12.2 Å². The van der Waals surface area contributed by atoms with Crippen LogP contribution in [-0.4, -0.2) is 12.6 Å². The van der Waals surface area contributed by atoms with Crippen molar-refractivity contribution in [3.63, 3.8) is 0 Å². The van der Waals surface area contributed by atoms with Crippen molar-refractivity contribution < 1.29 is 9.53 Å². The third-order valence-corrected chi connectivity index (χ3v) is 2.46. The Balaban J connectivity index is 3.05. The molecule has 1 rings (SSSR count). The number of aryl methyl sites for hydroxylation is 2. The molecule has 0 aliphatic carbocycles. The summed E-state index contributed by atoms with van der Waals surface area (Å²) in [6, 6.07) is 6.03. The second-order valence-corrected chi connectivity index (χ2v) is 3.42. The van der Waals surface area contributed by atoms with Gasteiger partial charge in [-0.25, -0.2) is 4.79 Å². The SMILES string of the molecule is CCOC(=O)c1cc(CC)ccc1CC. The van der Waals surface area contributed by atoms with Gasteiger partial charge in [0.2, 0.25) is 0 Å². The molecule has 2 nitrogen and oxygen atoms in total. The van der Waals surface area contributed by atoms with Gasteiger partial charge in [-0.05, 0) is 37.0 Å². The molecule has 0 saturated carbocycles. The van der Waals surface area contributed by atoms with E-state index in [1.807, 2.05) is 26.0 Å². The molecule has 0 aliphatic rings. The molecule has 0 atom stereocenters. The van der Waals surface area contributed by atoms with Gasteiger partial charge < -0.3 is 4.74 Å². The summed E-state index contributed by atoms with van der Waals surface area (Å²) in [6.07, 6.45) is 1.80. The second-order valence-electron chi connectivity index (χ2n) is 3.42. The van der Waals surface area contributed by atoms with Gasteiger partial charge in [-0.1, -0.05) is 26.0 Å². The summed E-state index contributed by atoms with van der Waals surface area (Å²) in [5, 5.41) is 0. The molecule has 0 bridgehead atoms. The topological polar surface area (TPSA) is 26.3 Å². The maximum atomic E-state index is 11.7. The lowest BCUT2D eigenvalue weighted by Crippen LogP contribution is -2.08. The van der Waals surface area contributed by atoms with Crippen molar-refractivity contribution in [1.82, 2.24) is 0 Å². The van der Waals surface area contributed by atoms with Crippen LogP contribution >= 0.6 is 0 Å². The van der Waals surface area contributed by atoms with Crippen molar-refractivity contribution in [2.75, 3.05) is 6.61 Å². The van der Waals surface area contributed by atoms with Gasteiger partial charge in [0.1, 0.15) is 0 Å². The van der Waals surface area contributed by atoms with E-state index >= 15 is 0 Å². The fourth-order valence-electron chi connectivity index (χ4n) is 1.55. The predicted molar refractivity (Wildman–Crippen MR) is 61.2 cm³/mol. The molecule has 0 heterocycles. The monoisotopic (exact) mass is 206 g/mol. The standard InChI is InChI=1S/C13H18O2/c1-4-10-7-8-11(5-2)12(9-10)13(14)15-6-3/h7-9H,4-6H2,1-3H3. The molecule has 0 radical (unpaired) electrons. The van der Waals surface area contributed by atoms with Crippen molar-refractivity contribution in [3.05, 3.63) is 34.9 Å². The number of hydrogen-bond donors (Lipinski definition) is 0. The Morgan fingerprint density at radius 1 is 1.20 bits per heavy atom. The van der Waals surface area contributed by atoms with Crippen LogP contribution in [0.5, 0.6) is 0 Å². The highest BCUT2D eigenvalue weighted by Crippen LogP contribution is 2.14. The fraction of sp³-hybridized carbons (Fsp3) is 0.462. The Morgan fingerprint density at radius 2 is 1.93 bits per heavy atom. The lowest BCUT2D eigenvalue weighted by Gasteiger charge is -2.08. The van der Waals surface area contributed by atoms with Crippen LogP contribution in [0.15, 0.2) is 18.2 Å². The van der Waals surface area contributed by atoms with E-state index in [0.29, 0.717) is 6.61 Å². The quantitative estimate of drug-likeness (QED) is 0.708. The van der Waals surface area contributed by atoms with E-state index in [4.69, 9.17) is 4.74 Å². The van der Waals surface area contributed by atoms with E-state index in [9.17, 15) is 4.79 Å². The number of rotatable bonds is 4. The van der Waals surface area contributed by atoms with Crippen molar-refractivity contribution >= 4 is 5.97 Å². The predicted octanol–water partition coefficient (Wildman–Crippen LogP) is 2.99. The molecule has 0 spiro atoms. The Kier molecular flexibility index (Phi) is 4.35. The Morgan fingerprint density at radius 3 is 2.47 bits per heavy atom. The van der Waals surface area contributed by atoms with Gasteiger partial charge in [-0.3, -0.25) is 0 Å². The zero-order chi connectivity index (χ0) is 11.3. The number of benzene rings is 1. The van der Waals surface area contributed by atoms with Gasteiger partial charge in [0.25, 0.3) is 0 Å². The average Bonchev–Trinajstić information content (AvgIpc) is 2.28. The maximum Gasteiger partial charge on any atom is 0.338 e. The molecule has 2 heteroatoms. The first-order chi connectivity index (χ1) is 7.22. The van der Waals surface area contributed by atoms with E-state index < -0.39 is 0 Å². The smallest absolute Gasteiger partial charge is 0.338 e. The molecular formula is C13H18O2. The van der Waals surface area contributed by atoms with E-state index in [1.54, 1.807) is 0 Å². The third kappa shape index (κ3) is 2.82. The van der Waals surface area contributed by atoms with Gasteiger partial charge >= 0.3 is 5.97 Å². The molecule has 0 amide bonds. The summed E-state index contributed by atoms with van der Waals surface area (Å²) >= 11 is 0. The zero-order valence-electron chi connectivity index (χ0n) is 9.67. The second kappa shape index (κ2) is 5.54. The molecule has 82 valence electrons. The van der Waals surface area contributed by atoms with Gasteiger partial charge in [-0.15, -0.1) is 0 Å². The van der Waals surface area contributed by atoms with E-state index in [1.165, 1.54) is 5.56 Å². The number of hydrogen-bond acceptors (Lipinski definition) is 2. The van der Waals surface area contributed by atoms with Crippen molar-refractivity contribution in [2.24, 2.45) is 0 Å². The van der Waals surface area contributed by atoms with Crippen LogP contribution in [-0.2, 0) is 17.6 Å². The Labute approximate surface area is 91.3 Å². The first-order valence-electron chi connectivity index (χ1n) is 5.51. The van der Waals surface area contributed by atoms with Crippen LogP contribution in [0.3, 0.4) is 0 Å². The normalized spacial score (nSPS) is 10.1. The van der Waals surface area contributed by atoms with Gasteiger partial charge in [-0.2, -0.15) is 0 Å². The summed E-state index contributed by atoms with van der Waals surface area (Å²) in [6.45, 7) is 6.38. The molecule has 1 aromatic carbocycles. The fourth-order valence-corrected chi connectivity index (χ4v) is 1.55. The van der Waals surface area contributed by atoms with Crippen molar-refractivity contribution in [3.8, 4) is 0 Å². The summed E-state index contributed by atoms with van der Waals surface area (Å²) in [5.41, 5.74) is 2.96. The van der Waals surface area contributed by atoms with E-state index in [2.05, 4.69) is 13.0 Å². The molecule has 0 unspecified atom stereocenters. The van der Waals surface area contributed by atoms with Crippen LogP contribution in [0.1, 0.15) is 42.3 Å². The molecule has 1 aromatic rings. The van der Waals surface area contributed by atoms with Crippen LogP contribution in [0.4, 0.5) is 0 Å². The van der Waals surface area contributed by atoms with Crippen LogP contribution in [0, 0.1) is 0 Å². The average molecular weight is 206 g/mol. The molecule has 0 aliphatic heterocycles. The highest BCUT2D eigenvalue weighted by molar-refractivity contribution is 5.91. The van der Waals surface area contributed by atoms with E-state index in [-0.39, 0.29) is 5.97 Å². The van der Waals surface area contributed by atoms with Crippen molar-refractivity contribution in [1.29, 1.82) is 0 Å². The lowest BCUT2D eigenvalue weighted by molar-refractivity contribution is 0.0525. The lowest BCUT2D eigenvalue weighted by atomic mass is 10.0. The minimum Gasteiger partial charge on any atom is -0.462 e. The highest BCUT2D eigenvalue weighted by atomic mass is 16.5. The van der Waals surface area contributed by atoms with E-state index in [0.717, 1.165) is 24.0 Å². The minimum atomic E-state index is -0.204. The third-order valence-electron chi connectivity index (χ3n) is 2.46. The first kappa shape index (κ1) is 11.8. The van der Waals surface area contributed by atoms with Crippen LogP contribution in [0.2, 0.25) is 0 Å². The zero-order valence-corrected chi connectivity index (χ0v) is 9.67. The molecule has 0 aromatic heterocycles. The summed E-state index contributed by atoms with van der Waals surface area (Å²) < 4.78 is 5.03. The van der Waals surface area contributed by atoms with Crippen LogP contribution < -0.4 is 0 Å². The number of carbonyl (C=O) groups is 1. The molecule has 0 saturated heterocycles. The summed E-state index contributed by atoms with van der Waals surface area (Å²) in [7, 11) is 0. The number of ether oxygens (including phenoxy) is 1. The summed E-state index contributed by atoms with van der Waals surface area (Å²) in [5.74, 6) is -0.204. The Bertz CT molecular complexity index is 342. The van der Waals surface area contributed by atoms with Gasteiger partial charge in [0, 0.05) is 0 Å². The number of esters is 1. The maximum absolute atomic E-state index is 11.7. The molecular weight excluding hydrogens is 188 g/mol. The summed E-state index contributed by atoms with van der Waals surface area (Å²) in [4.78, 5) is 11.7. The number of carbonyl (C=O) groups excluding carboxylic acids is 1. The first-order valence-corrected chi connectivity index (χ1v) is 5.51. The molecule has 0 N–H and O–H groups in total. The minimum absolute atomic E-state index is 0.204. The largest absolute Gasteiger partial charge is 0.462 e. The molecule has 15 heavy (non-hydrogen) atoms. The van der Waals surface area contributed by atoms with Crippen LogP contribution in [0.25, 0.3) is 0 Å². The Hall–Kier alpha value is -1.31. The van der Waals surface area contributed by atoms with Crippen molar-refractivity contribution in [2.45, 2.75) is 33.6 Å². The molecule has 0 fully saturated rings. The highest BCUT2D eigenvalue weighted by Gasteiger charge is 2.11. The van der Waals surface area contributed by atoms with Gasteiger partial charge in [0.15, 0.2) is 0 Å².